The molecule has 0 radical (unpaired) electrons. The van der Waals surface area contributed by atoms with Gasteiger partial charge >= 0.3 is 5.97 Å². The molecule has 1 aliphatic heterocycles. The van der Waals surface area contributed by atoms with Gasteiger partial charge in [0.05, 0.1) is 18.7 Å². The molecule has 1 aromatic rings. The molecule has 0 aromatic heterocycles. The Morgan fingerprint density at radius 2 is 1.95 bits per heavy atom. The lowest BCUT2D eigenvalue weighted by Gasteiger charge is -2.29. The number of nitrogens with zero attached hydrogens (tertiary/aromatic N) is 1. The summed E-state index contributed by atoms with van der Waals surface area (Å²) in [5.41, 5.74) is 1.18. The SMILES string of the molecule is CC(=O)OC[C@H]1C=C[C@@H](CO)N1Cc1ccccc1. The summed E-state index contributed by atoms with van der Waals surface area (Å²) in [5, 5.41) is 9.41. The third-order valence-corrected chi connectivity index (χ3v) is 3.26. The average molecular weight is 261 g/mol. The predicted octanol–water partition coefficient (Wildman–Crippen LogP) is 1.35. The highest BCUT2D eigenvalue weighted by atomic mass is 16.5. The minimum atomic E-state index is -0.277. The molecule has 102 valence electrons. The Morgan fingerprint density at radius 1 is 1.26 bits per heavy atom. The Balaban J connectivity index is 2.02. The molecule has 4 nitrogen and oxygen atoms in total. The molecular formula is C15H19NO3. The van der Waals surface area contributed by atoms with E-state index in [0.717, 1.165) is 6.54 Å². The number of aliphatic hydroxyl groups excluding tert-OH is 1. The van der Waals surface area contributed by atoms with Crippen molar-refractivity contribution in [2.45, 2.75) is 25.6 Å². The Labute approximate surface area is 113 Å². The molecule has 19 heavy (non-hydrogen) atoms. The van der Waals surface area contributed by atoms with Gasteiger partial charge in [-0.05, 0) is 5.56 Å². The molecule has 0 aliphatic carbocycles. The van der Waals surface area contributed by atoms with Crippen molar-refractivity contribution in [3.63, 3.8) is 0 Å². The van der Waals surface area contributed by atoms with E-state index in [-0.39, 0.29) is 24.7 Å². The summed E-state index contributed by atoms with van der Waals surface area (Å²) in [6.07, 6.45) is 3.96. The zero-order valence-electron chi connectivity index (χ0n) is 11.0. The molecule has 0 saturated heterocycles. The van der Waals surface area contributed by atoms with Gasteiger partial charge < -0.3 is 9.84 Å². The van der Waals surface area contributed by atoms with Gasteiger partial charge in [-0.1, -0.05) is 42.5 Å². The quantitative estimate of drug-likeness (QED) is 0.642. The highest BCUT2D eigenvalue weighted by Gasteiger charge is 2.28. The number of hydrogen-bond donors (Lipinski definition) is 1. The maximum atomic E-state index is 10.9. The van der Waals surface area contributed by atoms with Crippen LogP contribution >= 0.6 is 0 Å². The second-order valence-corrected chi connectivity index (χ2v) is 4.66. The largest absolute Gasteiger partial charge is 0.464 e. The lowest BCUT2D eigenvalue weighted by atomic mass is 10.2. The van der Waals surface area contributed by atoms with Crippen molar-refractivity contribution < 1.29 is 14.6 Å². The number of carbonyl (C=O) groups excluding carboxylic acids is 1. The molecule has 1 N–H and O–H groups in total. The van der Waals surface area contributed by atoms with Crippen LogP contribution in [0.15, 0.2) is 42.5 Å². The fourth-order valence-electron chi connectivity index (χ4n) is 2.27. The van der Waals surface area contributed by atoms with Gasteiger partial charge in [0, 0.05) is 13.5 Å². The summed E-state index contributed by atoms with van der Waals surface area (Å²) >= 11 is 0. The number of hydrogen-bond acceptors (Lipinski definition) is 4. The monoisotopic (exact) mass is 261 g/mol. The minimum Gasteiger partial charge on any atom is -0.464 e. The number of rotatable bonds is 5. The van der Waals surface area contributed by atoms with Crippen LogP contribution in [0.25, 0.3) is 0 Å². The average Bonchev–Trinajstić information content (AvgIpc) is 2.80. The van der Waals surface area contributed by atoms with Crippen LogP contribution in [0.4, 0.5) is 0 Å². The van der Waals surface area contributed by atoms with E-state index in [1.165, 1.54) is 12.5 Å². The van der Waals surface area contributed by atoms with Crippen molar-refractivity contribution >= 4 is 5.97 Å². The molecule has 2 rings (SSSR count). The highest BCUT2D eigenvalue weighted by molar-refractivity contribution is 5.65. The number of carbonyl (C=O) groups is 1. The highest BCUT2D eigenvalue weighted by Crippen LogP contribution is 2.20. The Hall–Kier alpha value is -1.65. The molecule has 1 aliphatic rings. The first kappa shape index (κ1) is 13.8. The van der Waals surface area contributed by atoms with E-state index in [1.807, 2.05) is 30.4 Å². The van der Waals surface area contributed by atoms with E-state index in [4.69, 9.17) is 4.74 Å². The summed E-state index contributed by atoms with van der Waals surface area (Å²) in [4.78, 5) is 13.0. The lowest BCUT2D eigenvalue weighted by Crippen LogP contribution is -2.41. The third-order valence-electron chi connectivity index (χ3n) is 3.26. The fraction of sp³-hybridized carbons (Fsp3) is 0.400. The molecule has 0 unspecified atom stereocenters. The lowest BCUT2D eigenvalue weighted by molar-refractivity contribution is -0.142. The van der Waals surface area contributed by atoms with Crippen molar-refractivity contribution in [3.05, 3.63) is 48.0 Å². The molecule has 0 amide bonds. The second kappa shape index (κ2) is 6.50. The first-order valence-corrected chi connectivity index (χ1v) is 6.43. The van der Waals surface area contributed by atoms with Crippen LogP contribution in [0, 0.1) is 0 Å². The van der Waals surface area contributed by atoms with Gasteiger partial charge in [0.1, 0.15) is 6.61 Å². The standard InChI is InChI=1S/C15H19NO3/c1-12(18)19-11-15-8-7-14(10-17)16(15)9-13-5-3-2-4-6-13/h2-8,14-15,17H,9-11H2,1H3/t14-,15+/m0/s1. The van der Waals surface area contributed by atoms with E-state index in [2.05, 4.69) is 17.0 Å². The minimum absolute atomic E-state index is 0.0132. The van der Waals surface area contributed by atoms with E-state index in [0.29, 0.717) is 6.61 Å². The normalized spacial score (nSPS) is 22.6. The molecule has 0 saturated carbocycles. The summed E-state index contributed by atoms with van der Waals surface area (Å²) in [7, 11) is 0. The summed E-state index contributed by atoms with van der Waals surface area (Å²) in [5.74, 6) is -0.277. The number of benzene rings is 1. The Kier molecular flexibility index (Phi) is 4.71. The topological polar surface area (TPSA) is 49.8 Å². The van der Waals surface area contributed by atoms with E-state index >= 15 is 0 Å². The second-order valence-electron chi connectivity index (χ2n) is 4.66. The van der Waals surface area contributed by atoms with Crippen LogP contribution < -0.4 is 0 Å². The smallest absolute Gasteiger partial charge is 0.302 e. The van der Waals surface area contributed by atoms with Crippen LogP contribution in [-0.4, -0.2) is 41.3 Å². The summed E-state index contributed by atoms with van der Waals surface area (Å²) in [6.45, 7) is 2.53. The Morgan fingerprint density at radius 3 is 2.58 bits per heavy atom. The number of aliphatic hydroxyl groups is 1. The molecule has 4 heteroatoms. The zero-order chi connectivity index (χ0) is 13.7. The van der Waals surface area contributed by atoms with Gasteiger partial charge in [0.25, 0.3) is 0 Å². The molecule has 1 aromatic carbocycles. The number of ether oxygens (including phenoxy) is 1. The van der Waals surface area contributed by atoms with Crippen LogP contribution in [-0.2, 0) is 16.1 Å². The van der Waals surface area contributed by atoms with Gasteiger partial charge in [-0.3, -0.25) is 9.69 Å². The zero-order valence-corrected chi connectivity index (χ0v) is 11.0. The van der Waals surface area contributed by atoms with Crippen LogP contribution in [0.3, 0.4) is 0 Å². The molecule has 0 bridgehead atoms. The maximum absolute atomic E-state index is 10.9. The van der Waals surface area contributed by atoms with Gasteiger partial charge in [0.15, 0.2) is 0 Å². The Bertz CT molecular complexity index is 444. The van der Waals surface area contributed by atoms with Crippen molar-refractivity contribution in [2.75, 3.05) is 13.2 Å². The first-order valence-electron chi connectivity index (χ1n) is 6.43. The molecule has 1 heterocycles. The maximum Gasteiger partial charge on any atom is 0.302 e. The third kappa shape index (κ3) is 3.66. The predicted molar refractivity (Wildman–Crippen MR) is 72.4 cm³/mol. The van der Waals surface area contributed by atoms with Crippen LogP contribution in [0.2, 0.25) is 0 Å². The van der Waals surface area contributed by atoms with E-state index in [1.54, 1.807) is 0 Å². The summed E-state index contributed by atoms with van der Waals surface area (Å²) < 4.78 is 5.07. The van der Waals surface area contributed by atoms with Gasteiger partial charge in [-0.15, -0.1) is 0 Å². The van der Waals surface area contributed by atoms with Gasteiger partial charge in [-0.25, -0.2) is 0 Å². The molecule has 0 fully saturated rings. The van der Waals surface area contributed by atoms with E-state index in [9.17, 15) is 9.90 Å². The van der Waals surface area contributed by atoms with Crippen molar-refractivity contribution in [3.8, 4) is 0 Å². The summed E-state index contributed by atoms with van der Waals surface area (Å²) in [6, 6.07) is 10.1. The van der Waals surface area contributed by atoms with Crippen LogP contribution in [0.5, 0.6) is 0 Å². The molecular weight excluding hydrogens is 242 g/mol. The van der Waals surface area contributed by atoms with E-state index < -0.39 is 0 Å². The van der Waals surface area contributed by atoms with Gasteiger partial charge in [-0.2, -0.15) is 0 Å². The van der Waals surface area contributed by atoms with Crippen molar-refractivity contribution in [1.82, 2.24) is 4.90 Å². The number of esters is 1. The fourth-order valence-corrected chi connectivity index (χ4v) is 2.27. The van der Waals surface area contributed by atoms with Crippen molar-refractivity contribution in [1.29, 1.82) is 0 Å². The van der Waals surface area contributed by atoms with Crippen LogP contribution in [0.1, 0.15) is 12.5 Å². The molecule has 0 spiro atoms. The molecule has 2 atom stereocenters. The van der Waals surface area contributed by atoms with Gasteiger partial charge in [0.2, 0.25) is 0 Å². The van der Waals surface area contributed by atoms with Crippen molar-refractivity contribution in [2.24, 2.45) is 0 Å². The first-order chi connectivity index (χ1) is 9.20.